The highest BCUT2D eigenvalue weighted by atomic mass is 35.5. The van der Waals surface area contributed by atoms with Crippen LogP contribution in [0.2, 0.25) is 5.02 Å². The van der Waals surface area contributed by atoms with E-state index in [4.69, 9.17) is 26.8 Å². The second-order valence-corrected chi connectivity index (χ2v) is 4.38. The fourth-order valence-corrected chi connectivity index (χ4v) is 2.12. The summed E-state index contributed by atoms with van der Waals surface area (Å²) in [5.74, 6) is 1.83. The molecule has 4 heteroatoms. The largest absolute Gasteiger partial charge is 0.486 e. The summed E-state index contributed by atoms with van der Waals surface area (Å²) in [5.41, 5.74) is 6.70. The summed E-state index contributed by atoms with van der Waals surface area (Å²) >= 11 is 6.07. The van der Waals surface area contributed by atoms with Crippen LogP contribution < -0.4 is 15.2 Å². The molecule has 0 aliphatic carbocycles. The van der Waals surface area contributed by atoms with Crippen molar-refractivity contribution in [3.05, 3.63) is 22.7 Å². The van der Waals surface area contributed by atoms with Crippen LogP contribution in [0.1, 0.15) is 24.8 Å². The highest BCUT2D eigenvalue weighted by molar-refractivity contribution is 6.32. The first-order chi connectivity index (χ1) is 7.74. The summed E-state index contributed by atoms with van der Waals surface area (Å²) in [4.78, 5) is 0. The summed E-state index contributed by atoms with van der Waals surface area (Å²) in [7, 11) is 0. The van der Waals surface area contributed by atoms with Gasteiger partial charge in [-0.25, -0.2) is 0 Å². The van der Waals surface area contributed by atoms with Crippen molar-refractivity contribution >= 4 is 11.6 Å². The molecule has 0 bridgehead atoms. The van der Waals surface area contributed by atoms with Crippen LogP contribution in [0.5, 0.6) is 11.5 Å². The fourth-order valence-electron chi connectivity index (χ4n) is 1.92. The first-order valence-electron chi connectivity index (χ1n) is 5.52. The molecule has 2 N–H and O–H groups in total. The van der Waals surface area contributed by atoms with E-state index in [2.05, 4.69) is 6.92 Å². The SMILES string of the molecule is CC(CCN)c1ccc(Cl)c2c1OCCO2. The Morgan fingerprint density at radius 3 is 2.69 bits per heavy atom. The number of rotatable bonds is 3. The van der Waals surface area contributed by atoms with Crippen LogP contribution in [-0.4, -0.2) is 19.8 Å². The molecule has 0 saturated carbocycles. The minimum Gasteiger partial charge on any atom is -0.486 e. The van der Waals surface area contributed by atoms with Crippen LogP contribution >= 0.6 is 11.6 Å². The Bertz CT molecular complexity index is 382. The summed E-state index contributed by atoms with van der Waals surface area (Å²) < 4.78 is 11.2. The first-order valence-corrected chi connectivity index (χ1v) is 5.90. The molecule has 0 radical (unpaired) electrons. The van der Waals surface area contributed by atoms with E-state index in [1.807, 2.05) is 12.1 Å². The van der Waals surface area contributed by atoms with Gasteiger partial charge in [0.15, 0.2) is 11.5 Å². The smallest absolute Gasteiger partial charge is 0.180 e. The molecule has 3 nitrogen and oxygen atoms in total. The molecule has 0 spiro atoms. The molecule has 16 heavy (non-hydrogen) atoms. The highest BCUT2D eigenvalue weighted by Gasteiger charge is 2.21. The number of halogens is 1. The van der Waals surface area contributed by atoms with Crippen molar-refractivity contribution in [1.82, 2.24) is 0 Å². The Hall–Kier alpha value is -0.930. The van der Waals surface area contributed by atoms with Crippen molar-refractivity contribution in [3.8, 4) is 11.5 Å². The summed E-state index contributed by atoms with van der Waals surface area (Å²) in [6.45, 7) is 3.94. The number of fused-ring (bicyclic) bond motifs is 1. The van der Waals surface area contributed by atoms with Gasteiger partial charge in [-0.05, 0) is 24.9 Å². The van der Waals surface area contributed by atoms with E-state index < -0.39 is 0 Å². The van der Waals surface area contributed by atoms with E-state index in [1.165, 1.54) is 0 Å². The lowest BCUT2D eigenvalue weighted by Gasteiger charge is -2.24. The molecule has 1 atom stereocenters. The molecule has 88 valence electrons. The monoisotopic (exact) mass is 241 g/mol. The topological polar surface area (TPSA) is 44.5 Å². The number of hydrogen-bond donors (Lipinski definition) is 1. The van der Waals surface area contributed by atoms with E-state index in [1.54, 1.807) is 0 Å². The van der Waals surface area contributed by atoms with Crippen LogP contribution in [0.4, 0.5) is 0 Å². The maximum absolute atomic E-state index is 6.07. The van der Waals surface area contributed by atoms with Gasteiger partial charge in [-0.3, -0.25) is 0 Å². The first kappa shape index (κ1) is 11.6. The molecule has 1 aromatic rings. The highest BCUT2D eigenvalue weighted by Crippen LogP contribution is 2.43. The van der Waals surface area contributed by atoms with Crippen LogP contribution in [0.3, 0.4) is 0 Å². The second kappa shape index (κ2) is 4.93. The van der Waals surface area contributed by atoms with Gasteiger partial charge in [-0.15, -0.1) is 0 Å². The van der Waals surface area contributed by atoms with E-state index in [-0.39, 0.29) is 0 Å². The van der Waals surface area contributed by atoms with Gasteiger partial charge in [-0.2, -0.15) is 0 Å². The standard InChI is InChI=1S/C12H16ClNO2/c1-8(4-5-14)9-2-3-10(13)12-11(9)15-6-7-16-12/h2-3,8H,4-7,14H2,1H3. The molecule has 1 unspecified atom stereocenters. The zero-order valence-corrected chi connectivity index (χ0v) is 10.1. The predicted molar refractivity (Wildman–Crippen MR) is 64.5 cm³/mol. The Labute approximate surface area is 100 Å². The number of benzene rings is 1. The van der Waals surface area contributed by atoms with Gasteiger partial charge in [0.1, 0.15) is 13.2 Å². The average molecular weight is 242 g/mol. The third-order valence-electron chi connectivity index (χ3n) is 2.80. The van der Waals surface area contributed by atoms with Crippen LogP contribution in [0.25, 0.3) is 0 Å². The number of nitrogens with two attached hydrogens (primary N) is 1. The third-order valence-corrected chi connectivity index (χ3v) is 3.10. The quantitative estimate of drug-likeness (QED) is 0.885. The van der Waals surface area contributed by atoms with Crippen molar-refractivity contribution in [2.75, 3.05) is 19.8 Å². The molecule has 1 heterocycles. The molecule has 0 saturated heterocycles. The van der Waals surface area contributed by atoms with Gasteiger partial charge in [0, 0.05) is 5.56 Å². The Balaban J connectivity index is 2.38. The lowest BCUT2D eigenvalue weighted by Crippen LogP contribution is -2.18. The van der Waals surface area contributed by atoms with Gasteiger partial charge >= 0.3 is 0 Å². The minimum atomic E-state index is 0.359. The van der Waals surface area contributed by atoms with Crippen molar-refractivity contribution in [2.24, 2.45) is 5.73 Å². The zero-order chi connectivity index (χ0) is 11.5. The average Bonchev–Trinajstić information content (AvgIpc) is 2.30. The van der Waals surface area contributed by atoms with Gasteiger partial charge in [0.05, 0.1) is 5.02 Å². The van der Waals surface area contributed by atoms with Gasteiger partial charge in [0.25, 0.3) is 0 Å². The molecule has 0 aromatic heterocycles. The van der Waals surface area contributed by atoms with Crippen LogP contribution in [0, 0.1) is 0 Å². The molecular weight excluding hydrogens is 226 g/mol. The van der Waals surface area contributed by atoms with Crippen LogP contribution in [-0.2, 0) is 0 Å². The fraction of sp³-hybridized carbons (Fsp3) is 0.500. The second-order valence-electron chi connectivity index (χ2n) is 3.97. The van der Waals surface area contributed by atoms with Crippen molar-refractivity contribution in [2.45, 2.75) is 19.3 Å². The molecule has 0 amide bonds. The molecule has 1 aromatic carbocycles. The van der Waals surface area contributed by atoms with Crippen molar-refractivity contribution in [1.29, 1.82) is 0 Å². The van der Waals surface area contributed by atoms with Gasteiger partial charge < -0.3 is 15.2 Å². The van der Waals surface area contributed by atoms with E-state index in [0.717, 1.165) is 17.7 Å². The summed E-state index contributed by atoms with van der Waals surface area (Å²) in [6.07, 6.45) is 0.928. The molecule has 2 rings (SSSR count). The Morgan fingerprint density at radius 2 is 2.00 bits per heavy atom. The maximum Gasteiger partial charge on any atom is 0.180 e. The minimum absolute atomic E-state index is 0.359. The summed E-state index contributed by atoms with van der Waals surface area (Å²) in [6, 6.07) is 3.85. The lowest BCUT2D eigenvalue weighted by atomic mass is 9.96. The Morgan fingerprint density at radius 1 is 1.31 bits per heavy atom. The predicted octanol–water partition coefficient (Wildman–Crippen LogP) is 2.56. The van der Waals surface area contributed by atoms with E-state index in [9.17, 15) is 0 Å². The normalized spacial score (nSPS) is 15.9. The third kappa shape index (κ3) is 2.11. The lowest BCUT2D eigenvalue weighted by molar-refractivity contribution is 0.169. The number of ether oxygens (including phenoxy) is 2. The van der Waals surface area contributed by atoms with E-state index in [0.29, 0.717) is 36.4 Å². The molecule has 1 aliphatic rings. The zero-order valence-electron chi connectivity index (χ0n) is 9.33. The number of hydrogen-bond acceptors (Lipinski definition) is 3. The molecule has 0 fully saturated rings. The van der Waals surface area contributed by atoms with Crippen LogP contribution in [0.15, 0.2) is 12.1 Å². The Kier molecular flexibility index (Phi) is 3.56. The molecule has 1 aliphatic heterocycles. The maximum atomic E-state index is 6.07. The van der Waals surface area contributed by atoms with Crippen molar-refractivity contribution < 1.29 is 9.47 Å². The summed E-state index contributed by atoms with van der Waals surface area (Å²) in [5, 5.41) is 0.610. The van der Waals surface area contributed by atoms with Gasteiger partial charge in [-0.1, -0.05) is 24.6 Å². The molecular formula is C12H16ClNO2. The van der Waals surface area contributed by atoms with Crippen molar-refractivity contribution in [3.63, 3.8) is 0 Å². The van der Waals surface area contributed by atoms with Gasteiger partial charge in [0.2, 0.25) is 0 Å². The van der Waals surface area contributed by atoms with E-state index >= 15 is 0 Å².